The molecule has 0 aliphatic rings. The number of hydrogen-bond acceptors (Lipinski definition) is 8. The van der Waals surface area contributed by atoms with Gasteiger partial charge in [-0.25, -0.2) is 0 Å². The molecule has 2 unspecified atom stereocenters. The molecule has 0 rings (SSSR count). The van der Waals surface area contributed by atoms with E-state index in [1.807, 2.05) is 21.1 Å². The molecule has 0 radical (unpaired) electrons. The zero-order valence-corrected chi connectivity index (χ0v) is 55.6. The summed E-state index contributed by atoms with van der Waals surface area (Å²) in [6.07, 6.45) is 83.0. The lowest BCUT2D eigenvalue weighted by Gasteiger charge is -2.28. The SMILES string of the molecule is CCCCCCC/C=C\C/C=C\C/C=C\CCCCCCCCCCCCCCCCCCC(=O)OC(COC(=O)CCCCCCCCCCCCCCCCC/C=C\C/C=C\CCCCCCC)COP(=O)([O-])OCC[N+](C)(C)C. The maximum Gasteiger partial charge on any atom is 0.306 e. The summed E-state index contributed by atoms with van der Waals surface area (Å²) >= 11 is 0. The smallest absolute Gasteiger partial charge is 0.306 e. The lowest BCUT2D eigenvalue weighted by atomic mass is 10.0. The van der Waals surface area contributed by atoms with E-state index >= 15 is 0 Å². The van der Waals surface area contributed by atoms with Crippen LogP contribution in [0.5, 0.6) is 0 Å². The summed E-state index contributed by atoms with van der Waals surface area (Å²) in [5.74, 6) is -0.819. The number of ether oxygens (including phenoxy) is 2. The molecule has 2 atom stereocenters. The van der Waals surface area contributed by atoms with Gasteiger partial charge in [-0.15, -0.1) is 0 Å². The van der Waals surface area contributed by atoms with Crippen molar-refractivity contribution >= 4 is 19.8 Å². The average molecular weight is 1170 g/mol. The fourth-order valence-corrected chi connectivity index (χ4v) is 10.8. The van der Waals surface area contributed by atoms with Crippen molar-refractivity contribution in [2.45, 2.75) is 341 Å². The third-order valence-electron chi connectivity index (χ3n) is 15.5. The van der Waals surface area contributed by atoms with Gasteiger partial charge in [0.2, 0.25) is 0 Å². The monoisotopic (exact) mass is 1170 g/mol. The van der Waals surface area contributed by atoms with E-state index in [2.05, 4.69) is 74.6 Å². The first-order valence-corrected chi connectivity index (χ1v) is 36.5. The fourth-order valence-electron chi connectivity index (χ4n) is 10.1. The Balaban J connectivity index is 4.03. The van der Waals surface area contributed by atoms with Crippen LogP contribution in [0.4, 0.5) is 0 Å². The van der Waals surface area contributed by atoms with Crippen LogP contribution >= 0.6 is 7.82 Å². The van der Waals surface area contributed by atoms with E-state index in [0.29, 0.717) is 17.4 Å². The van der Waals surface area contributed by atoms with Crippen molar-refractivity contribution in [3.63, 3.8) is 0 Å². The molecule has 0 heterocycles. The van der Waals surface area contributed by atoms with Crippen LogP contribution in [-0.2, 0) is 32.7 Å². The van der Waals surface area contributed by atoms with E-state index in [1.54, 1.807) is 0 Å². The van der Waals surface area contributed by atoms with Crippen LogP contribution in [0, 0.1) is 0 Å². The second kappa shape index (κ2) is 63.2. The van der Waals surface area contributed by atoms with Crippen LogP contribution in [0.15, 0.2) is 60.8 Å². The molecule has 0 aromatic rings. The normalized spacial score (nSPS) is 13.5. The molecule has 0 bridgehead atoms. The van der Waals surface area contributed by atoms with E-state index in [-0.39, 0.29) is 32.0 Å². The van der Waals surface area contributed by atoms with E-state index in [9.17, 15) is 19.0 Å². The highest BCUT2D eigenvalue weighted by atomic mass is 31.2. The first-order valence-electron chi connectivity index (χ1n) is 35.0. The van der Waals surface area contributed by atoms with Crippen LogP contribution in [0.1, 0.15) is 335 Å². The van der Waals surface area contributed by atoms with Gasteiger partial charge in [-0.2, -0.15) is 0 Å². The summed E-state index contributed by atoms with van der Waals surface area (Å²) < 4.78 is 34.3. The summed E-state index contributed by atoms with van der Waals surface area (Å²) in [6, 6.07) is 0. The van der Waals surface area contributed by atoms with Crippen molar-refractivity contribution in [1.29, 1.82) is 0 Å². The minimum atomic E-state index is -4.64. The molecular formula is C72H134NO8P. The number of likely N-dealkylation sites (N-methyl/N-ethyl adjacent to an activating group) is 1. The second-order valence-corrected chi connectivity index (χ2v) is 26.3. The lowest BCUT2D eigenvalue weighted by molar-refractivity contribution is -0.870. The quantitative estimate of drug-likeness (QED) is 0.0195. The van der Waals surface area contributed by atoms with Crippen LogP contribution in [-0.4, -0.2) is 70.0 Å². The van der Waals surface area contributed by atoms with Crippen LogP contribution in [0.2, 0.25) is 0 Å². The predicted octanol–water partition coefficient (Wildman–Crippen LogP) is 22.0. The zero-order chi connectivity index (χ0) is 59.8. The number of allylic oxidation sites excluding steroid dienone is 10. The minimum absolute atomic E-state index is 0.0304. The Labute approximate surface area is 508 Å². The first-order chi connectivity index (χ1) is 40.0. The molecule has 0 aliphatic heterocycles. The number of unbranched alkanes of at least 4 members (excludes halogenated alkanes) is 41. The first kappa shape index (κ1) is 79.7. The van der Waals surface area contributed by atoms with E-state index in [4.69, 9.17) is 18.5 Å². The highest BCUT2D eigenvalue weighted by Crippen LogP contribution is 2.38. The van der Waals surface area contributed by atoms with Crippen molar-refractivity contribution in [2.75, 3.05) is 47.5 Å². The van der Waals surface area contributed by atoms with Crippen molar-refractivity contribution < 1.29 is 42.1 Å². The molecule has 0 aromatic heterocycles. The lowest BCUT2D eigenvalue weighted by Crippen LogP contribution is -2.37. The van der Waals surface area contributed by atoms with Gasteiger partial charge in [0.15, 0.2) is 6.10 Å². The second-order valence-electron chi connectivity index (χ2n) is 24.9. The number of carbonyl (C=O) groups is 2. The Kier molecular flexibility index (Phi) is 61.5. The highest BCUT2D eigenvalue weighted by Gasteiger charge is 2.22. The highest BCUT2D eigenvalue weighted by molar-refractivity contribution is 7.45. The van der Waals surface area contributed by atoms with Gasteiger partial charge < -0.3 is 27.9 Å². The van der Waals surface area contributed by atoms with Gasteiger partial charge in [-0.3, -0.25) is 14.2 Å². The molecule has 0 fully saturated rings. The van der Waals surface area contributed by atoms with Gasteiger partial charge in [-0.05, 0) is 83.5 Å². The van der Waals surface area contributed by atoms with Crippen LogP contribution in [0.25, 0.3) is 0 Å². The molecule has 0 spiro atoms. The van der Waals surface area contributed by atoms with Crippen molar-refractivity contribution in [3.8, 4) is 0 Å². The summed E-state index contributed by atoms with van der Waals surface area (Å²) in [4.78, 5) is 38.1. The van der Waals surface area contributed by atoms with Crippen LogP contribution in [0.3, 0.4) is 0 Å². The van der Waals surface area contributed by atoms with Crippen LogP contribution < -0.4 is 4.89 Å². The van der Waals surface area contributed by atoms with Gasteiger partial charge in [0.1, 0.15) is 19.8 Å². The Hall–Kier alpha value is -2.29. The third kappa shape index (κ3) is 66.8. The van der Waals surface area contributed by atoms with E-state index in [1.165, 1.54) is 244 Å². The van der Waals surface area contributed by atoms with Gasteiger partial charge >= 0.3 is 11.9 Å². The minimum Gasteiger partial charge on any atom is -0.756 e. The number of esters is 2. The molecule has 10 heteroatoms. The standard InChI is InChI=1S/C72H134NO8P/c1-6-8-10-12-14-16-18-20-22-24-26-28-30-32-34-35-36-37-39-41-43-45-47-49-51-53-55-57-59-61-63-65-72(75)81-70(69-80-82(76,77)79-67-66-73(3,4)5)68-78-71(74)64-62-60-58-56-54-52-50-48-46-44-42-40-38-33-31-29-27-25-23-21-19-17-15-13-11-9-7-2/h18-21,24-27,30,32,70H,6-17,22-23,28-29,31,33-69H2,1-5H3/b20-18-,21-19-,26-24-,27-25-,32-30-. The molecule has 0 N–H and O–H groups in total. The summed E-state index contributed by atoms with van der Waals surface area (Å²) in [6.45, 7) is 4.27. The van der Waals surface area contributed by atoms with Crippen molar-refractivity contribution in [2.24, 2.45) is 0 Å². The molecular weight excluding hydrogens is 1040 g/mol. The number of quaternary nitrogens is 1. The van der Waals surface area contributed by atoms with Crippen molar-refractivity contribution in [3.05, 3.63) is 60.8 Å². The Morgan fingerprint density at radius 3 is 0.976 bits per heavy atom. The average Bonchev–Trinajstić information content (AvgIpc) is 3.46. The van der Waals surface area contributed by atoms with Crippen molar-refractivity contribution in [1.82, 2.24) is 0 Å². The Morgan fingerprint density at radius 2 is 0.659 bits per heavy atom. The van der Waals surface area contributed by atoms with Gasteiger partial charge in [0.05, 0.1) is 27.7 Å². The Bertz CT molecular complexity index is 1570. The molecule has 0 saturated carbocycles. The molecule has 0 aliphatic carbocycles. The van der Waals surface area contributed by atoms with E-state index in [0.717, 1.165) is 57.8 Å². The predicted molar refractivity (Wildman–Crippen MR) is 351 cm³/mol. The number of carbonyl (C=O) groups excluding carboxylic acids is 2. The summed E-state index contributed by atoms with van der Waals surface area (Å²) in [5, 5.41) is 0. The summed E-state index contributed by atoms with van der Waals surface area (Å²) in [7, 11) is 1.18. The zero-order valence-electron chi connectivity index (χ0n) is 54.7. The molecule has 82 heavy (non-hydrogen) atoms. The number of nitrogens with zero attached hydrogens (tertiary/aromatic N) is 1. The maximum atomic E-state index is 12.9. The maximum absolute atomic E-state index is 12.9. The third-order valence-corrected chi connectivity index (χ3v) is 16.5. The van der Waals surface area contributed by atoms with Gasteiger partial charge in [0.25, 0.3) is 7.82 Å². The Morgan fingerprint density at radius 1 is 0.378 bits per heavy atom. The number of phosphoric acid groups is 1. The number of hydrogen-bond donors (Lipinski definition) is 0. The molecule has 9 nitrogen and oxygen atoms in total. The van der Waals surface area contributed by atoms with Gasteiger partial charge in [-0.1, -0.05) is 299 Å². The molecule has 480 valence electrons. The topological polar surface area (TPSA) is 111 Å². The van der Waals surface area contributed by atoms with E-state index < -0.39 is 26.5 Å². The molecule has 0 aromatic carbocycles. The van der Waals surface area contributed by atoms with Gasteiger partial charge in [0, 0.05) is 12.8 Å². The number of phosphoric ester groups is 1. The largest absolute Gasteiger partial charge is 0.756 e. The number of rotatable bonds is 65. The molecule has 0 saturated heterocycles. The molecule has 0 amide bonds. The fraction of sp³-hybridized carbons (Fsp3) is 0.833. The summed E-state index contributed by atoms with van der Waals surface area (Å²) in [5.41, 5.74) is 0.